The molecule has 2 nitrogen and oxygen atoms in total. The van der Waals surface area contributed by atoms with Gasteiger partial charge in [-0.05, 0) is 37.0 Å². The zero-order valence-electron chi connectivity index (χ0n) is 8.36. The van der Waals surface area contributed by atoms with Gasteiger partial charge in [-0.15, -0.1) is 6.42 Å². The third kappa shape index (κ3) is 1.87. The van der Waals surface area contributed by atoms with Crippen LogP contribution in [-0.2, 0) is 11.2 Å². The van der Waals surface area contributed by atoms with E-state index in [0.717, 1.165) is 24.0 Å². The second kappa shape index (κ2) is 3.43. The Hall–Kier alpha value is -1.75. The Morgan fingerprint density at radius 2 is 2.00 bits per heavy atom. The Bertz CT molecular complexity index is 419. The smallest absolute Gasteiger partial charge is 0.309 e. The summed E-state index contributed by atoms with van der Waals surface area (Å²) in [6, 6.07) is 7.54. The molecular weight excluding hydrogens is 188 g/mol. The standard InChI is InChI=1S/C13H12O2/c1-2-10-3-5-11(6-4-10)9-13(7-8-13)12(14)15/h1,3-6H,7-9H2,(H,14,15). The van der Waals surface area contributed by atoms with Crippen LogP contribution in [-0.4, -0.2) is 11.1 Å². The fraction of sp³-hybridized carbons (Fsp3) is 0.308. The maximum absolute atomic E-state index is 11.0. The highest BCUT2D eigenvalue weighted by Gasteiger charge is 2.49. The predicted octanol–water partition coefficient (Wildman–Crippen LogP) is 2.08. The maximum Gasteiger partial charge on any atom is 0.309 e. The molecule has 1 aliphatic carbocycles. The van der Waals surface area contributed by atoms with Crippen molar-refractivity contribution in [2.75, 3.05) is 0 Å². The lowest BCUT2D eigenvalue weighted by molar-refractivity contribution is -0.143. The third-order valence-electron chi connectivity index (χ3n) is 2.97. The highest BCUT2D eigenvalue weighted by molar-refractivity contribution is 5.78. The maximum atomic E-state index is 11.0. The summed E-state index contributed by atoms with van der Waals surface area (Å²) in [5.41, 5.74) is 1.39. The predicted molar refractivity (Wildman–Crippen MR) is 57.4 cm³/mol. The molecule has 0 aliphatic heterocycles. The average Bonchev–Trinajstić information content (AvgIpc) is 3.00. The second-order valence-corrected chi connectivity index (χ2v) is 4.10. The Morgan fingerprint density at radius 1 is 1.40 bits per heavy atom. The van der Waals surface area contributed by atoms with Crippen molar-refractivity contribution in [1.29, 1.82) is 0 Å². The first kappa shape index (κ1) is 9.79. The Morgan fingerprint density at radius 3 is 2.40 bits per heavy atom. The van der Waals surface area contributed by atoms with Crippen LogP contribution >= 0.6 is 0 Å². The zero-order valence-corrected chi connectivity index (χ0v) is 8.36. The molecule has 1 aromatic rings. The number of hydrogen-bond acceptors (Lipinski definition) is 1. The monoisotopic (exact) mass is 200 g/mol. The molecule has 1 saturated carbocycles. The van der Waals surface area contributed by atoms with Crippen LogP contribution in [0.25, 0.3) is 0 Å². The van der Waals surface area contributed by atoms with Gasteiger partial charge in [0, 0.05) is 5.56 Å². The fourth-order valence-electron chi connectivity index (χ4n) is 1.73. The number of terminal acetylenes is 1. The summed E-state index contributed by atoms with van der Waals surface area (Å²) >= 11 is 0. The Labute approximate surface area is 88.9 Å². The number of aliphatic carboxylic acids is 1. The molecular formula is C13H12O2. The van der Waals surface area contributed by atoms with Crippen LogP contribution in [0.2, 0.25) is 0 Å². The summed E-state index contributed by atoms with van der Waals surface area (Å²) in [7, 11) is 0. The molecule has 0 atom stereocenters. The van der Waals surface area contributed by atoms with Crippen LogP contribution in [0.15, 0.2) is 24.3 Å². The van der Waals surface area contributed by atoms with E-state index in [4.69, 9.17) is 11.5 Å². The molecule has 1 fully saturated rings. The summed E-state index contributed by atoms with van der Waals surface area (Å²) in [5, 5.41) is 9.03. The van der Waals surface area contributed by atoms with E-state index in [1.54, 1.807) is 0 Å². The molecule has 0 heterocycles. The number of carboxylic acid groups (broad SMARTS) is 1. The topological polar surface area (TPSA) is 37.3 Å². The minimum absolute atomic E-state index is 0.488. The lowest BCUT2D eigenvalue weighted by Crippen LogP contribution is -2.17. The fourth-order valence-corrected chi connectivity index (χ4v) is 1.73. The SMILES string of the molecule is C#Cc1ccc(CC2(C(=O)O)CC2)cc1. The third-order valence-corrected chi connectivity index (χ3v) is 2.97. The minimum atomic E-state index is -0.677. The summed E-state index contributed by atoms with van der Waals surface area (Å²) in [6.45, 7) is 0. The van der Waals surface area contributed by atoms with E-state index < -0.39 is 11.4 Å². The van der Waals surface area contributed by atoms with Crippen molar-refractivity contribution in [1.82, 2.24) is 0 Å². The lowest BCUT2D eigenvalue weighted by Gasteiger charge is -2.09. The van der Waals surface area contributed by atoms with Crippen LogP contribution in [0.1, 0.15) is 24.0 Å². The van der Waals surface area contributed by atoms with Gasteiger partial charge < -0.3 is 5.11 Å². The Balaban J connectivity index is 2.12. The molecule has 0 aromatic heterocycles. The highest BCUT2D eigenvalue weighted by atomic mass is 16.4. The molecule has 2 heteroatoms. The number of benzene rings is 1. The summed E-state index contributed by atoms with van der Waals surface area (Å²) < 4.78 is 0. The molecule has 15 heavy (non-hydrogen) atoms. The van der Waals surface area contributed by atoms with E-state index in [-0.39, 0.29) is 0 Å². The number of hydrogen-bond donors (Lipinski definition) is 1. The van der Waals surface area contributed by atoms with E-state index in [2.05, 4.69) is 5.92 Å². The molecule has 2 rings (SSSR count). The molecule has 0 unspecified atom stereocenters. The van der Waals surface area contributed by atoms with Crippen LogP contribution in [0.5, 0.6) is 0 Å². The molecule has 0 bridgehead atoms. The van der Waals surface area contributed by atoms with Gasteiger partial charge >= 0.3 is 5.97 Å². The Kier molecular flexibility index (Phi) is 2.24. The van der Waals surface area contributed by atoms with Gasteiger partial charge in [-0.1, -0.05) is 18.1 Å². The molecule has 0 amide bonds. The van der Waals surface area contributed by atoms with Crippen molar-refractivity contribution in [2.24, 2.45) is 5.41 Å². The average molecular weight is 200 g/mol. The van der Waals surface area contributed by atoms with Gasteiger partial charge in [-0.3, -0.25) is 4.79 Å². The van der Waals surface area contributed by atoms with Crippen LogP contribution in [0.3, 0.4) is 0 Å². The van der Waals surface area contributed by atoms with Crippen molar-refractivity contribution in [2.45, 2.75) is 19.3 Å². The van der Waals surface area contributed by atoms with E-state index in [1.807, 2.05) is 24.3 Å². The molecule has 1 aromatic carbocycles. The molecule has 1 aliphatic rings. The van der Waals surface area contributed by atoms with E-state index in [1.165, 1.54) is 0 Å². The molecule has 76 valence electrons. The van der Waals surface area contributed by atoms with Gasteiger partial charge in [0.1, 0.15) is 0 Å². The van der Waals surface area contributed by atoms with Gasteiger partial charge in [0.2, 0.25) is 0 Å². The quantitative estimate of drug-likeness (QED) is 0.758. The van der Waals surface area contributed by atoms with Gasteiger partial charge in [0.15, 0.2) is 0 Å². The van der Waals surface area contributed by atoms with Crippen LogP contribution in [0.4, 0.5) is 0 Å². The van der Waals surface area contributed by atoms with Gasteiger partial charge in [-0.25, -0.2) is 0 Å². The minimum Gasteiger partial charge on any atom is -0.481 e. The summed E-state index contributed by atoms with van der Waals surface area (Å²) in [5.74, 6) is 1.86. The first-order valence-corrected chi connectivity index (χ1v) is 4.95. The van der Waals surface area contributed by atoms with Crippen molar-refractivity contribution in [3.63, 3.8) is 0 Å². The summed E-state index contributed by atoms with van der Waals surface area (Å²) in [6.07, 6.45) is 7.44. The van der Waals surface area contributed by atoms with Crippen molar-refractivity contribution >= 4 is 5.97 Å². The number of carboxylic acids is 1. The number of rotatable bonds is 3. The van der Waals surface area contributed by atoms with Gasteiger partial charge in [0.05, 0.1) is 5.41 Å². The van der Waals surface area contributed by atoms with Crippen molar-refractivity contribution in [3.8, 4) is 12.3 Å². The summed E-state index contributed by atoms with van der Waals surface area (Å²) in [4.78, 5) is 11.0. The van der Waals surface area contributed by atoms with Crippen LogP contribution < -0.4 is 0 Å². The normalized spacial score (nSPS) is 16.7. The first-order valence-electron chi connectivity index (χ1n) is 4.95. The molecule has 0 radical (unpaired) electrons. The second-order valence-electron chi connectivity index (χ2n) is 4.10. The molecule has 1 N–H and O–H groups in total. The van der Waals surface area contributed by atoms with Crippen LogP contribution in [0, 0.1) is 17.8 Å². The van der Waals surface area contributed by atoms with Gasteiger partial charge in [0.25, 0.3) is 0 Å². The zero-order chi connectivity index (χ0) is 10.9. The highest BCUT2D eigenvalue weighted by Crippen LogP contribution is 2.48. The van der Waals surface area contributed by atoms with Crippen molar-refractivity contribution < 1.29 is 9.90 Å². The van der Waals surface area contributed by atoms with Crippen molar-refractivity contribution in [3.05, 3.63) is 35.4 Å². The lowest BCUT2D eigenvalue weighted by atomic mass is 9.96. The first-order chi connectivity index (χ1) is 7.16. The molecule has 0 spiro atoms. The largest absolute Gasteiger partial charge is 0.481 e. The van der Waals surface area contributed by atoms with Gasteiger partial charge in [-0.2, -0.15) is 0 Å². The molecule has 0 saturated heterocycles. The number of carbonyl (C=O) groups is 1. The van der Waals surface area contributed by atoms with E-state index in [9.17, 15) is 4.79 Å². The van der Waals surface area contributed by atoms with E-state index >= 15 is 0 Å². The van der Waals surface area contributed by atoms with E-state index in [0.29, 0.717) is 6.42 Å².